The summed E-state index contributed by atoms with van der Waals surface area (Å²) in [5.41, 5.74) is 7.07. The largest absolute Gasteiger partial charge is 0.462 e. The standard InChI is InChI=1S/C25H21N3O6/c1-3-32-25(31)19-14(2)34-23-20(19)22(26)27-18(28-23)13-33-24(30)17-12-8-7-11-16(17)21(29)15-9-5-4-6-10-15/h4-12H,3,13H2,1-2H3,(H2,26,27,28). The summed E-state index contributed by atoms with van der Waals surface area (Å²) in [4.78, 5) is 46.3. The Morgan fingerprint density at radius 1 is 0.912 bits per heavy atom. The lowest BCUT2D eigenvalue weighted by Crippen LogP contribution is -2.14. The molecule has 0 saturated heterocycles. The van der Waals surface area contributed by atoms with Crippen LogP contribution in [0, 0.1) is 6.92 Å². The number of aromatic nitrogens is 2. The summed E-state index contributed by atoms with van der Waals surface area (Å²) in [6.07, 6.45) is 0. The van der Waals surface area contributed by atoms with Crippen LogP contribution >= 0.6 is 0 Å². The second kappa shape index (κ2) is 9.53. The number of nitrogens with zero attached hydrogens (tertiary/aromatic N) is 2. The van der Waals surface area contributed by atoms with Crippen molar-refractivity contribution in [2.45, 2.75) is 20.5 Å². The van der Waals surface area contributed by atoms with Gasteiger partial charge in [0, 0.05) is 11.1 Å². The smallest absolute Gasteiger partial charge is 0.342 e. The first-order chi connectivity index (χ1) is 16.4. The van der Waals surface area contributed by atoms with E-state index in [2.05, 4.69) is 9.97 Å². The number of ether oxygens (including phenoxy) is 2. The molecule has 0 spiro atoms. The van der Waals surface area contributed by atoms with Gasteiger partial charge < -0.3 is 19.6 Å². The maximum absolute atomic E-state index is 12.9. The normalized spacial score (nSPS) is 10.8. The molecule has 9 heteroatoms. The van der Waals surface area contributed by atoms with Crippen molar-refractivity contribution in [2.24, 2.45) is 0 Å². The summed E-state index contributed by atoms with van der Waals surface area (Å²) in [5.74, 6) is -1.24. The summed E-state index contributed by atoms with van der Waals surface area (Å²) >= 11 is 0. The van der Waals surface area contributed by atoms with Crippen molar-refractivity contribution in [3.63, 3.8) is 0 Å². The van der Waals surface area contributed by atoms with Crippen molar-refractivity contribution in [2.75, 3.05) is 12.3 Å². The lowest BCUT2D eigenvalue weighted by Gasteiger charge is -2.09. The number of nitrogen functional groups attached to an aromatic ring is 1. The molecule has 172 valence electrons. The molecule has 0 amide bonds. The fraction of sp³-hybridized carbons (Fsp3) is 0.160. The van der Waals surface area contributed by atoms with E-state index in [-0.39, 0.29) is 64.2 Å². The number of ketones is 1. The quantitative estimate of drug-likeness (QED) is 0.323. The van der Waals surface area contributed by atoms with Gasteiger partial charge in [-0.1, -0.05) is 48.5 Å². The number of nitrogens with two attached hydrogens (primary N) is 1. The number of fused-ring (bicyclic) bond motifs is 1. The third-order valence-electron chi connectivity index (χ3n) is 5.04. The van der Waals surface area contributed by atoms with Gasteiger partial charge in [0.15, 0.2) is 18.2 Å². The molecule has 0 atom stereocenters. The van der Waals surface area contributed by atoms with E-state index in [0.717, 1.165) is 0 Å². The van der Waals surface area contributed by atoms with Crippen LogP contribution in [-0.4, -0.2) is 34.3 Å². The molecule has 0 bridgehead atoms. The minimum absolute atomic E-state index is 0.00407. The van der Waals surface area contributed by atoms with E-state index in [1.165, 1.54) is 6.07 Å². The Bertz CT molecular complexity index is 1390. The number of aryl methyl sites for hydroxylation is 1. The van der Waals surface area contributed by atoms with Gasteiger partial charge >= 0.3 is 11.9 Å². The van der Waals surface area contributed by atoms with Crippen molar-refractivity contribution in [3.8, 4) is 0 Å². The molecular weight excluding hydrogens is 438 g/mol. The molecular formula is C25H21N3O6. The van der Waals surface area contributed by atoms with Gasteiger partial charge in [0.2, 0.25) is 5.71 Å². The van der Waals surface area contributed by atoms with Crippen LogP contribution in [0.2, 0.25) is 0 Å². The topological polar surface area (TPSA) is 135 Å². The van der Waals surface area contributed by atoms with E-state index < -0.39 is 11.9 Å². The second-order valence-corrected chi connectivity index (χ2v) is 7.28. The van der Waals surface area contributed by atoms with E-state index in [1.54, 1.807) is 62.4 Å². The molecule has 2 aromatic carbocycles. The van der Waals surface area contributed by atoms with E-state index in [4.69, 9.17) is 19.6 Å². The summed E-state index contributed by atoms with van der Waals surface area (Å²) in [7, 11) is 0. The number of furan rings is 1. The highest BCUT2D eigenvalue weighted by molar-refractivity contribution is 6.14. The van der Waals surface area contributed by atoms with Gasteiger partial charge in [0.25, 0.3) is 0 Å². The fourth-order valence-electron chi connectivity index (χ4n) is 3.51. The van der Waals surface area contributed by atoms with Gasteiger partial charge in [-0.2, -0.15) is 4.98 Å². The molecule has 2 aromatic heterocycles. The van der Waals surface area contributed by atoms with Gasteiger partial charge in [0.05, 0.1) is 17.6 Å². The minimum Gasteiger partial charge on any atom is -0.462 e. The first-order valence-corrected chi connectivity index (χ1v) is 10.5. The van der Waals surface area contributed by atoms with Gasteiger partial charge in [-0.05, 0) is 19.9 Å². The summed E-state index contributed by atoms with van der Waals surface area (Å²) in [6.45, 7) is 3.15. The summed E-state index contributed by atoms with van der Waals surface area (Å²) < 4.78 is 16.0. The highest BCUT2D eigenvalue weighted by Crippen LogP contribution is 2.29. The van der Waals surface area contributed by atoms with Gasteiger partial charge in [-0.3, -0.25) is 4.79 Å². The van der Waals surface area contributed by atoms with Crippen molar-refractivity contribution >= 4 is 34.6 Å². The van der Waals surface area contributed by atoms with Gasteiger partial charge in [0.1, 0.15) is 17.1 Å². The van der Waals surface area contributed by atoms with Crippen LogP contribution in [0.3, 0.4) is 0 Å². The Morgan fingerprint density at radius 2 is 1.59 bits per heavy atom. The number of hydrogen-bond donors (Lipinski definition) is 1. The first-order valence-electron chi connectivity index (χ1n) is 10.5. The van der Waals surface area contributed by atoms with Crippen LogP contribution in [0.4, 0.5) is 5.82 Å². The van der Waals surface area contributed by atoms with E-state index in [1.807, 2.05) is 0 Å². The predicted molar refractivity (Wildman–Crippen MR) is 122 cm³/mol. The number of anilines is 1. The zero-order chi connectivity index (χ0) is 24.2. The van der Waals surface area contributed by atoms with Crippen LogP contribution in [-0.2, 0) is 16.1 Å². The van der Waals surface area contributed by atoms with Crippen LogP contribution in [0.25, 0.3) is 11.1 Å². The van der Waals surface area contributed by atoms with Gasteiger partial charge in [-0.25, -0.2) is 14.6 Å². The maximum atomic E-state index is 12.9. The molecule has 4 aromatic rings. The zero-order valence-electron chi connectivity index (χ0n) is 18.5. The summed E-state index contributed by atoms with van der Waals surface area (Å²) in [6, 6.07) is 15.0. The second-order valence-electron chi connectivity index (χ2n) is 7.28. The molecule has 0 unspecified atom stereocenters. The predicted octanol–water partition coefficient (Wildman–Crippen LogP) is 3.88. The summed E-state index contributed by atoms with van der Waals surface area (Å²) in [5, 5.41) is 0.241. The van der Waals surface area contributed by atoms with E-state index >= 15 is 0 Å². The number of carbonyl (C=O) groups excluding carboxylic acids is 3. The number of hydrogen-bond acceptors (Lipinski definition) is 9. The van der Waals surface area contributed by atoms with Crippen molar-refractivity contribution in [1.82, 2.24) is 9.97 Å². The molecule has 0 saturated carbocycles. The zero-order valence-corrected chi connectivity index (χ0v) is 18.5. The maximum Gasteiger partial charge on any atom is 0.342 e. The number of carbonyl (C=O) groups is 3. The average molecular weight is 459 g/mol. The highest BCUT2D eigenvalue weighted by Gasteiger charge is 2.24. The van der Waals surface area contributed by atoms with E-state index in [9.17, 15) is 14.4 Å². The highest BCUT2D eigenvalue weighted by atomic mass is 16.5. The average Bonchev–Trinajstić information content (AvgIpc) is 3.19. The number of esters is 2. The Morgan fingerprint density at radius 3 is 2.29 bits per heavy atom. The third kappa shape index (κ3) is 4.36. The van der Waals surface area contributed by atoms with Crippen molar-refractivity contribution < 1.29 is 28.3 Å². The van der Waals surface area contributed by atoms with Crippen molar-refractivity contribution in [1.29, 1.82) is 0 Å². The van der Waals surface area contributed by atoms with Crippen LogP contribution in [0.1, 0.15) is 55.1 Å². The molecule has 0 aliphatic carbocycles. The van der Waals surface area contributed by atoms with E-state index in [0.29, 0.717) is 5.56 Å². The molecule has 4 rings (SSSR count). The molecule has 34 heavy (non-hydrogen) atoms. The van der Waals surface area contributed by atoms with Crippen LogP contribution in [0.15, 0.2) is 59.0 Å². The number of rotatable bonds is 7. The Hall–Kier alpha value is -4.53. The van der Waals surface area contributed by atoms with Gasteiger partial charge in [-0.15, -0.1) is 0 Å². The van der Waals surface area contributed by atoms with Crippen molar-refractivity contribution in [3.05, 3.63) is 88.4 Å². The third-order valence-corrected chi connectivity index (χ3v) is 5.04. The fourth-order valence-corrected chi connectivity index (χ4v) is 3.51. The molecule has 2 heterocycles. The Kier molecular flexibility index (Phi) is 6.35. The molecule has 0 aliphatic rings. The van der Waals surface area contributed by atoms with Crippen LogP contribution < -0.4 is 5.73 Å². The lowest BCUT2D eigenvalue weighted by molar-refractivity contribution is 0.0459. The molecule has 0 radical (unpaired) electrons. The molecule has 2 N–H and O–H groups in total. The molecule has 9 nitrogen and oxygen atoms in total. The SMILES string of the molecule is CCOC(=O)c1c(C)oc2nc(COC(=O)c3ccccc3C(=O)c3ccccc3)nc(N)c12. The first kappa shape index (κ1) is 22.7. The number of benzene rings is 2. The lowest BCUT2D eigenvalue weighted by atomic mass is 9.98. The molecule has 0 aliphatic heterocycles. The Labute approximate surface area is 194 Å². The molecule has 0 fully saturated rings. The Balaban J connectivity index is 1.57. The monoisotopic (exact) mass is 459 g/mol. The minimum atomic E-state index is -0.718. The van der Waals surface area contributed by atoms with Crippen LogP contribution in [0.5, 0.6) is 0 Å².